The van der Waals surface area contributed by atoms with E-state index in [1.54, 1.807) is 11.1 Å². The average molecular weight is 316 g/mol. The van der Waals surface area contributed by atoms with Crippen LogP contribution in [0.1, 0.15) is 53.9 Å². The lowest BCUT2D eigenvalue weighted by Crippen LogP contribution is -2.22. The summed E-state index contributed by atoms with van der Waals surface area (Å²) in [6, 6.07) is 18.4. The number of rotatable bonds is 3. The lowest BCUT2D eigenvalue weighted by atomic mass is 9.71. The van der Waals surface area contributed by atoms with Gasteiger partial charge in [0.15, 0.2) is 0 Å². The molecule has 124 valence electrons. The molecule has 0 nitrogen and oxygen atoms in total. The minimum Gasteiger partial charge on any atom is -0.0841 e. The number of hydrogen-bond acceptors (Lipinski definition) is 0. The Morgan fingerprint density at radius 3 is 2.17 bits per heavy atom. The number of aryl methyl sites for hydroxylation is 2. The van der Waals surface area contributed by atoms with Crippen molar-refractivity contribution in [1.82, 2.24) is 0 Å². The first-order valence-electron chi connectivity index (χ1n) is 9.53. The molecule has 0 aromatic heterocycles. The molecule has 0 radical (unpaired) electrons. The summed E-state index contributed by atoms with van der Waals surface area (Å²) in [4.78, 5) is 0. The second kappa shape index (κ2) is 6.59. The topological polar surface area (TPSA) is 0 Å². The van der Waals surface area contributed by atoms with Crippen LogP contribution < -0.4 is 0 Å². The maximum Gasteiger partial charge on any atom is -0.00616 e. The van der Waals surface area contributed by atoms with Gasteiger partial charge in [-0.05, 0) is 68.4 Å². The van der Waals surface area contributed by atoms with Gasteiger partial charge in [-0.25, -0.2) is 0 Å². The van der Waals surface area contributed by atoms with Crippen LogP contribution in [0.2, 0.25) is 0 Å². The van der Waals surface area contributed by atoms with Crippen molar-refractivity contribution in [3.8, 4) is 0 Å². The average Bonchev–Trinajstić information content (AvgIpc) is 3.03. The molecular weight excluding hydrogens is 288 g/mol. The molecule has 0 amide bonds. The molecule has 0 saturated heterocycles. The monoisotopic (exact) mass is 316 g/mol. The Labute approximate surface area is 146 Å². The summed E-state index contributed by atoms with van der Waals surface area (Å²) in [6.07, 6.45) is 9.20. The Balaban J connectivity index is 1.51. The smallest absolute Gasteiger partial charge is 0.00616 e. The zero-order chi connectivity index (χ0) is 16.5. The Morgan fingerprint density at radius 1 is 0.792 bits per heavy atom. The summed E-state index contributed by atoms with van der Waals surface area (Å²) in [5, 5.41) is 0. The van der Waals surface area contributed by atoms with Crippen molar-refractivity contribution in [1.29, 1.82) is 0 Å². The van der Waals surface area contributed by atoms with E-state index in [1.807, 2.05) is 0 Å². The van der Waals surface area contributed by atoms with Crippen molar-refractivity contribution >= 4 is 0 Å². The maximum absolute atomic E-state index is 2.59. The highest BCUT2D eigenvalue weighted by atomic mass is 14.4. The molecule has 3 atom stereocenters. The molecule has 1 saturated carbocycles. The largest absolute Gasteiger partial charge is 0.0841 e. The number of fused-ring (bicyclic) bond motifs is 1. The van der Waals surface area contributed by atoms with Crippen molar-refractivity contribution in [2.75, 3.05) is 0 Å². The Kier molecular flexibility index (Phi) is 4.31. The number of benzene rings is 2. The molecule has 0 bridgehead atoms. The molecule has 0 aliphatic heterocycles. The first kappa shape index (κ1) is 15.7. The first-order chi connectivity index (χ1) is 11.7. The summed E-state index contributed by atoms with van der Waals surface area (Å²) >= 11 is 0. The van der Waals surface area contributed by atoms with Gasteiger partial charge in [-0.15, -0.1) is 0 Å². The van der Waals surface area contributed by atoms with Gasteiger partial charge in [0.25, 0.3) is 0 Å². The molecule has 2 aromatic carbocycles. The van der Waals surface area contributed by atoms with E-state index >= 15 is 0 Å². The number of allylic oxidation sites excluding steroid dienone is 2. The standard InChI is InChI=1S/C24H28/c1-17-6-10-19(11-7-17)16-21-4-3-5-24-22(14-15-23(21)24)20-12-8-18(2)9-13-20/h6-13,15,21-22,24H,3-5,14,16H2,1-2H3. The summed E-state index contributed by atoms with van der Waals surface area (Å²) in [6.45, 7) is 4.35. The fourth-order valence-electron chi connectivity index (χ4n) is 4.81. The molecule has 2 aliphatic rings. The normalized spacial score (nSPS) is 26.1. The zero-order valence-electron chi connectivity index (χ0n) is 15.0. The minimum atomic E-state index is 0.724. The van der Waals surface area contributed by atoms with Gasteiger partial charge in [0.2, 0.25) is 0 Å². The highest BCUT2D eigenvalue weighted by Crippen LogP contribution is 2.49. The van der Waals surface area contributed by atoms with E-state index in [4.69, 9.17) is 0 Å². The van der Waals surface area contributed by atoms with Crippen LogP contribution in [0.25, 0.3) is 0 Å². The Morgan fingerprint density at radius 2 is 1.46 bits per heavy atom. The molecule has 4 rings (SSSR count). The van der Waals surface area contributed by atoms with Crippen LogP contribution in [-0.2, 0) is 6.42 Å². The van der Waals surface area contributed by atoms with Gasteiger partial charge in [-0.1, -0.05) is 77.7 Å². The third kappa shape index (κ3) is 3.07. The van der Waals surface area contributed by atoms with Crippen molar-refractivity contribution in [3.63, 3.8) is 0 Å². The van der Waals surface area contributed by atoms with E-state index in [9.17, 15) is 0 Å². The summed E-state index contributed by atoms with van der Waals surface area (Å²) in [5.74, 6) is 2.28. The Bertz CT molecular complexity index is 718. The van der Waals surface area contributed by atoms with Crippen molar-refractivity contribution < 1.29 is 0 Å². The van der Waals surface area contributed by atoms with Gasteiger partial charge in [0.1, 0.15) is 0 Å². The molecule has 0 heteroatoms. The third-order valence-corrected chi connectivity index (χ3v) is 6.17. The number of hydrogen-bond donors (Lipinski definition) is 0. The summed E-state index contributed by atoms with van der Waals surface area (Å²) in [5.41, 5.74) is 7.55. The second-order valence-corrected chi connectivity index (χ2v) is 7.88. The minimum absolute atomic E-state index is 0.724. The molecule has 2 aromatic rings. The fourth-order valence-corrected chi connectivity index (χ4v) is 4.81. The van der Waals surface area contributed by atoms with E-state index in [2.05, 4.69) is 68.5 Å². The van der Waals surface area contributed by atoms with Crippen LogP contribution in [0.15, 0.2) is 60.2 Å². The van der Waals surface area contributed by atoms with Crippen LogP contribution >= 0.6 is 0 Å². The SMILES string of the molecule is Cc1ccc(CC2CCCC3C2=CCC3c2ccc(C)cc2)cc1. The third-order valence-electron chi connectivity index (χ3n) is 6.17. The highest BCUT2D eigenvalue weighted by Gasteiger charge is 2.36. The predicted molar refractivity (Wildman–Crippen MR) is 102 cm³/mol. The van der Waals surface area contributed by atoms with E-state index in [1.165, 1.54) is 48.8 Å². The first-order valence-corrected chi connectivity index (χ1v) is 9.53. The summed E-state index contributed by atoms with van der Waals surface area (Å²) < 4.78 is 0. The van der Waals surface area contributed by atoms with E-state index < -0.39 is 0 Å². The lowest BCUT2D eigenvalue weighted by Gasteiger charge is -2.33. The van der Waals surface area contributed by atoms with Gasteiger partial charge in [-0.2, -0.15) is 0 Å². The molecule has 2 aliphatic carbocycles. The van der Waals surface area contributed by atoms with Crippen LogP contribution in [0.5, 0.6) is 0 Å². The van der Waals surface area contributed by atoms with Crippen LogP contribution in [0.4, 0.5) is 0 Å². The molecule has 1 fully saturated rings. The van der Waals surface area contributed by atoms with E-state index in [-0.39, 0.29) is 0 Å². The zero-order valence-corrected chi connectivity index (χ0v) is 15.0. The molecular formula is C24H28. The molecule has 3 unspecified atom stereocenters. The fraction of sp³-hybridized carbons (Fsp3) is 0.417. The maximum atomic E-state index is 2.59. The van der Waals surface area contributed by atoms with Gasteiger partial charge < -0.3 is 0 Å². The van der Waals surface area contributed by atoms with Crippen molar-refractivity contribution in [2.45, 2.75) is 51.9 Å². The van der Waals surface area contributed by atoms with Gasteiger partial charge >= 0.3 is 0 Å². The van der Waals surface area contributed by atoms with Gasteiger partial charge in [-0.3, -0.25) is 0 Å². The van der Waals surface area contributed by atoms with E-state index in [0.717, 1.165) is 17.8 Å². The molecule has 0 N–H and O–H groups in total. The molecule has 24 heavy (non-hydrogen) atoms. The highest BCUT2D eigenvalue weighted by molar-refractivity contribution is 5.34. The predicted octanol–water partition coefficient (Wildman–Crippen LogP) is 6.38. The Hall–Kier alpha value is -1.82. The van der Waals surface area contributed by atoms with Crippen LogP contribution in [0, 0.1) is 25.7 Å². The molecule has 0 spiro atoms. The quantitative estimate of drug-likeness (QED) is 0.577. The summed E-state index contributed by atoms with van der Waals surface area (Å²) in [7, 11) is 0. The lowest BCUT2D eigenvalue weighted by molar-refractivity contribution is 0.345. The van der Waals surface area contributed by atoms with Gasteiger partial charge in [0.05, 0.1) is 0 Å². The van der Waals surface area contributed by atoms with Gasteiger partial charge in [0, 0.05) is 0 Å². The van der Waals surface area contributed by atoms with Crippen LogP contribution in [0.3, 0.4) is 0 Å². The van der Waals surface area contributed by atoms with Crippen molar-refractivity contribution in [3.05, 3.63) is 82.4 Å². The van der Waals surface area contributed by atoms with Crippen molar-refractivity contribution in [2.24, 2.45) is 11.8 Å². The van der Waals surface area contributed by atoms with E-state index in [0.29, 0.717) is 0 Å². The second-order valence-electron chi connectivity index (χ2n) is 7.88. The molecule has 0 heterocycles. The van der Waals surface area contributed by atoms with Crippen LogP contribution in [-0.4, -0.2) is 0 Å².